The van der Waals surface area contributed by atoms with Gasteiger partial charge in [0.2, 0.25) is 0 Å². The highest BCUT2D eigenvalue weighted by Gasteiger charge is 2.28. The van der Waals surface area contributed by atoms with Crippen LogP contribution in [0.15, 0.2) is 30.3 Å². The number of thioether (sulfide) groups is 1. The summed E-state index contributed by atoms with van der Waals surface area (Å²) in [6, 6.07) is 8.97. The first-order chi connectivity index (χ1) is 7.27. The second-order valence-electron chi connectivity index (χ2n) is 3.51. The van der Waals surface area contributed by atoms with Gasteiger partial charge in [-0.2, -0.15) is 11.8 Å². The Hall–Kier alpha value is -1.00. The van der Waals surface area contributed by atoms with Crippen LogP contribution >= 0.6 is 11.8 Å². The zero-order valence-corrected chi connectivity index (χ0v) is 9.07. The molecule has 2 rings (SSSR count). The highest BCUT2D eigenvalue weighted by Crippen LogP contribution is 2.20. The molecule has 80 valence electrons. The van der Waals surface area contributed by atoms with Crippen molar-refractivity contribution in [3.8, 4) is 0 Å². The Morgan fingerprint density at radius 3 is 2.67 bits per heavy atom. The quantitative estimate of drug-likeness (QED) is 0.767. The van der Waals surface area contributed by atoms with Crippen LogP contribution in [-0.2, 0) is 4.74 Å². The van der Waals surface area contributed by atoms with Gasteiger partial charge in [-0.25, -0.2) is 4.79 Å². The molecule has 0 radical (unpaired) electrons. The van der Waals surface area contributed by atoms with Gasteiger partial charge < -0.3 is 10.5 Å². The molecule has 1 saturated heterocycles. The standard InChI is InChI=1S/C11H13NO2S/c12-9-6-15-7-10(9)14-11(13)8-4-2-1-3-5-8/h1-5,9-10H,6-7,12H2/t9-,10-/m1/s1. The molecule has 15 heavy (non-hydrogen) atoms. The van der Waals surface area contributed by atoms with Crippen molar-refractivity contribution in [1.29, 1.82) is 0 Å². The summed E-state index contributed by atoms with van der Waals surface area (Å²) in [5.41, 5.74) is 6.39. The third-order valence-electron chi connectivity index (χ3n) is 2.34. The van der Waals surface area contributed by atoms with Crippen LogP contribution in [0.1, 0.15) is 10.4 Å². The van der Waals surface area contributed by atoms with Gasteiger partial charge in [0.25, 0.3) is 0 Å². The van der Waals surface area contributed by atoms with Crippen molar-refractivity contribution in [2.45, 2.75) is 12.1 Å². The molecule has 1 aliphatic heterocycles. The molecule has 1 aromatic rings. The topological polar surface area (TPSA) is 52.3 Å². The minimum atomic E-state index is -0.279. The lowest BCUT2D eigenvalue weighted by molar-refractivity contribution is 0.0325. The molecular weight excluding hydrogens is 210 g/mol. The largest absolute Gasteiger partial charge is 0.456 e. The molecular formula is C11H13NO2S. The second kappa shape index (κ2) is 4.68. The summed E-state index contributed by atoms with van der Waals surface area (Å²) in [7, 11) is 0. The molecule has 0 amide bonds. The number of nitrogens with two attached hydrogens (primary N) is 1. The van der Waals surface area contributed by atoms with E-state index in [9.17, 15) is 4.79 Å². The molecule has 2 atom stereocenters. The fourth-order valence-electron chi connectivity index (χ4n) is 1.45. The van der Waals surface area contributed by atoms with Crippen LogP contribution in [0.5, 0.6) is 0 Å². The van der Waals surface area contributed by atoms with E-state index in [1.807, 2.05) is 18.2 Å². The minimum Gasteiger partial charge on any atom is -0.456 e. The van der Waals surface area contributed by atoms with Crippen LogP contribution in [0, 0.1) is 0 Å². The molecule has 3 nitrogen and oxygen atoms in total. The maximum absolute atomic E-state index is 11.7. The number of benzene rings is 1. The molecule has 1 aromatic carbocycles. The van der Waals surface area contributed by atoms with E-state index >= 15 is 0 Å². The van der Waals surface area contributed by atoms with E-state index < -0.39 is 0 Å². The van der Waals surface area contributed by atoms with Crippen LogP contribution in [0.4, 0.5) is 0 Å². The van der Waals surface area contributed by atoms with Crippen LogP contribution in [0.25, 0.3) is 0 Å². The van der Waals surface area contributed by atoms with Crippen molar-refractivity contribution in [1.82, 2.24) is 0 Å². The Bertz CT molecular complexity index is 342. The summed E-state index contributed by atoms with van der Waals surface area (Å²) in [6.45, 7) is 0. The van der Waals surface area contributed by atoms with E-state index in [2.05, 4.69) is 0 Å². The zero-order valence-electron chi connectivity index (χ0n) is 8.26. The van der Waals surface area contributed by atoms with Crippen LogP contribution < -0.4 is 5.73 Å². The lowest BCUT2D eigenvalue weighted by atomic mass is 10.2. The SMILES string of the molecule is N[C@@H]1CSC[C@H]1OC(=O)c1ccccc1. The van der Waals surface area contributed by atoms with E-state index in [-0.39, 0.29) is 18.1 Å². The van der Waals surface area contributed by atoms with Gasteiger partial charge in [-0.3, -0.25) is 0 Å². The summed E-state index contributed by atoms with van der Waals surface area (Å²) in [5.74, 6) is 1.39. The average Bonchev–Trinajstić information content (AvgIpc) is 2.66. The normalized spacial score (nSPS) is 25.1. The minimum absolute atomic E-state index is 0.0253. The summed E-state index contributed by atoms with van der Waals surface area (Å²) in [5, 5.41) is 0. The summed E-state index contributed by atoms with van der Waals surface area (Å²) >= 11 is 1.73. The van der Waals surface area contributed by atoms with Crippen molar-refractivity contribution < 1.29 is 9.53 Å². The predicted molar refractivity (Wildman–Crippen MR) is 60.9 cm³/mol. The lowest BCUT2D eigenvalue weighted by Gasteiger charge is -2.15. The maximum Gasteiger partial charge on any atom is 0.338 e. The first kappa shape index (κ1) is 10.5. The Labute approximate surface area is 93.0 Å². The molecule has 4 heteroatoms. The van der Waals surface area contributed by atoms with Gasteiger partial charge in [-0.1, -0.05) is 18.2 Å². The lowest BCUT2D eigenvalue weighted by Crippen LogP contribution is -2.36. The van der Waals surface area contributed by atoms with Crippen molar-refractivity contribution in [2.24, 2.45) is 5.73 Å². The second-order valence-corrected chi connectivity index (χ2v) is 4.59. The van der Waals surface area contributed by atoms with E-state index in [0.29, 0.717) is 5.56 Å². The molecule has 0 aliphatic carbocycles. The van der Waals surface area contributed by atoms with Gasteiger partial charge >= 0.3 is 5.97 Å². The first-order valence-electron chi connectivity index (χ1n) is 4.87. The molecule has 1 heterocycles. The van der Waals surface area contributed by atoms with Crippen molar-refractivity contribution in [2.75, 3.05) is 11.5 Å². The van der Waals surface area contributed by atoms with Crippen LogP contribution in [-0.4, -0.2) is 29.6 Å². The number of hydrogen-bond acceptors (Lipinski definition) is 4. The Balaban J connectivity index is 1.98. The third kappa shape index (κ3) is 2.52. The summed E-state index contributed by atoms with van der Waals surface area (Å²) in [4.78, 5) is 11.7. The zero-order chi connectivity index (χ0) is 10.7. The molecule has 0 saturated carbocycles. The van der Waals surface area contributed by atoms with Crippen LogP contribution in [0.3, 0.4) is 0 Å². The van der Waals surface area contributed by atoms with Gasteiger partial charge in [-0.15, -0.1) is 0 Å². The van der Waals surface area contributed by atoms with Crippen molar-refractivity contribution in [3.05, 3.63) is 35.9 Å². The first-order valence-corrected chi connectivity index (χ1v) is 6.02. The van der Waals surface area contributed by atoms with Gasteiger partial charge in [0.1, 0.15) is 6.10 Å². The number of hydrogen-bond donors (Lipinski definition) is 1. The molecule has 1 aliphatic rings. The van der Waals surface area contributed by atoms with E-state index in [1.54, 1.807) is 23.9 Å². The van der Waals surface area contributed by atoms with E-state index in [1.165, 1.54) is 0 Å². The number of rotatable bonds is 2. The number of ether oxygens (including phenoxy) is 1. The van der Waals surface area contributed by atoms with E-state index in [0.717, 1.165) is 11.5 Å². The molecule has 0 spiro atoms. The van der Waals surface area contributed by atoms with E-state index in [4.69, 9.17) is 10.5 Å². The maximum atomic E-state index is 11.7. The fourth-order valence-corrected chi connectivity index (χ4v) is 2.62. The number of esters is 1. The molecule has 2 N–H and O–H groups in total. The smallest absolute Gasteiger partial charge is 0.338 e. The van der Waals surface area contributed by atoms with Gasteiger partial charge in [0, 0.05) is 11.5 Å². The van der Waals surface area contributed by atoms with Crippen molar-refractivity contribution >= 4 is 17.7 Å². The molecule has 1 fully saturated rings. The highest BCUT2D eigenvalue weighted by molar-refractivity contribution is 7.99. The van der Waals surface area contributed by atoms with Gasteiger partial charge in [0.15, 0.2) is 0 Å². The summed E-state index contributed by atoms with van der Waals surface area (Å²) < 4.78 is 5.32. The van der Waals surface area contributed by atoms with Gasteiger partial charge in [0.05, 0.1) is 11.6 Å². The fraction of sp³-hybridized carbons (Fsp3) is 0.364. The summed E-state index contributed by atoms with van der Waals surface area (Å²) in [6.07, 6.45) is -0.136. The third-order valence-corrected chi connectivity index (χ3v) is 3.52. The Morgan fingerprint density at radius 1 is 1.33 bits per heavy atom. The van der Waals surface area contributed by atoms with Crippen molar-refractivity contribution in [3.63, 3.8) is 0 Å². The van der Waals surface area contributed by atoms with Gasteiger partial charge in [-0.05, 0) is 12.1 Å². The molecule has 0 bridgehead atoms. The monoisotopic (exact) mass is 223 g/mol. The van der Waals surface area contributed by atoms with Crippen LogP contribution in [0.2, 0.25) is 0 Å². The highest BCUT2D eigenvalue weighted by atomic mass is 32.2. The molecule has 0 unspecified atom stereocenters. The Morgan fingerprint density at radius 2 is 2.07 bits per heavy atom. The molecule has 0 aromatic heterocycles. The average molecular weight is 223 g/mol. The Kier molecular flexibility index (Phi) is 3.28. The number of carbonyl (C=O) groups is 1. The predicted octanol–water partition coefficient (Wildman–Crippen LogP) is 1.29. The number of carbonyl (C=O) groups excluding carboxylic acids is 1.